The highest BCUT2D eigenvalue weighted by Crippen LogP contribution is 2.23. The van der Waals surface area contributed by atoms with Crippen LogP contribution in [0.5, 0.6) is 0 Å². The summed E-state index contributed by atoms with van der Waals surface area (Å²) in [5, 5.41) is 1.44. The summed E-state index contributed by atoms with van der Waals surface area (Å²) in [6.07, 6.45) is 0. The van der Waals surface area contributed by atoms with Crippen LogP contribution in [0.3, 0.4) is 0 Å². The number of hydrogen-bond donors (Lipinski definition) is 2. The van der Waals surface area contributed by atoms with Crippen molar-refractivity contribution < 1.29 is 0 Å². The summed E-state index contributed by atoms with van der Waals surface area (Å²) in [6, 6.07) is 6.86. The first kappa shape index (κ1) is 9.24. The molecule has 0 amide bonds. The van der Waals surface area contributed by atoms with Gasteiger partial charge in [-0.1, -0.05) is 17.7 Å². The molecule has 4 heteroatoms. The lowest BCUT2D eigenvalue weighted by Crippen LogP contribution is -2.09. The van der Waals surface area contributed by atoms with Crippen molar-refractivity contribution in [2.75, 3.05) is 0 Å². The lowest BCUT2D eigenvalue weighted by atomic mass is 10.1. The Balaban J connectivity index is 2.96. The Bertz CT molecular complexity index is 533. The molecule has 0 radical (unpaired) electrons. The Morgan fingerprint density at radius 1 is 1.43 bits per heavy atom. The molecule has 0 atom stereocenters. The highest BCUT2D eigenvalue weighted by atomic mass is 35.5. The lowest BCUT2D eigenvalue weighted by Gasteiger charge is -2.04. The highest BCUT2D eigenvalue weighted by Gasteiger charge is 2.04. The van der Waals surface area contributed by atoms with Crippen LogP contribution in [0.25, 0.3) is 10.9 Å². The normalized spacial score (nSPS) is 10.7. The number of nitrogens with one attached hydrogen (secondary N) is 1. The van der Waals surface area contributed by atoms with Crippen LogP contribution in [0.1, 0.15) is 5.56 Å². The van der Waals surface area contributed by atoms with E-state index in [-0.39, 0.29) is 5.56 Å². The van der Waals surface area contributed by atoms with E-state index in [1.54, 1.807) is 12.1 Å². The Morgan fingerprint density at radius 3 is 2.93 bits per heavy atom. The predicted molar refractivity (Wildman–Crippen MR) is 57.5 cm³/mol. The largest absolute Gasteiger partial charge is 0.326 e. The van der Waals surface area contributed by atoms with E-state index in [0.717, 1.165) is 16.5 Å². The number of H-pyrrole nitrogens is 1. The van der Waals surface area contributed by atoms with Gasteiger partial charge in [-0.2, -0.15) is 0 Å². The van der Waals surface area contributed by atoms with Gasteiger partial charge >= 0.3 is 0 Å². The molecule has 0 aliphatic heterocycles. The van der Waals surface area contributed by atoms with Gasteiger partial charge in [-0.15, -0.1) is 0 Å². The summed E-state index contributed by atoms with van der Waals surface area (Å²) in [6.45, 7) is 0.310. The molecule has 0 aliphatic rings. The van der Waals surface area contributed by atoms with Crippen molar-refractivity contribution in [1.29, 1.82) is 0 Å². The maximum atomic E-state index is 11.2. The molecular weight excluding hydrogens is 200 g/mol. The molecule has 0 unspecified atom stereocenters. The first-order chi connectivity index (χ1) is 6.72. The number of aromatic nitrogens is 1. The highest BCUT2D eigenvalue weighted by molar-refractivity contribution is 6.35. The van der Waals surface area contributed by atoms with E-state index in [2.05, 4.69) is 4.98 Å². The fourth-order valence-corrected chi connectivity index (χ4v) is 1.81. The number of aromatic amines is 1. The molecule has 0 saturated heterocycles. The van der Waals surface area contributed by atoms with Crippen LogP contribution in [-0.4, -0.2) is 4.98 Å². The predicted octanol–water partition coefficient (Wildman–Crippen LogP) is 1.64. The zero-order valence-electron chi connectivity index (χ0n) is 7.38. The molecule has 1 aromatic carbocycles. The van der Waals surface area contributed by atoms with E-state index in [4.69, 9.17) is 17.3 Å². The van der Waals surface area contributed by atoms with Gasteiger partial charge < -0.3 is 10.7 Å². The molecule has 0 spiro atoms. The van der Waals surface area contributed by atoms with Crippen LogP contribution in [0.15, 0.2) is 29.1 Å². The van der Waals surface area contributed by atoms with Crippen molar-refractivity contribution in [3.8, 4) is 0 Å². The Morgan fingerprint density at radius 2 is 2.21 bits per heavy atom. The molecule has 1 heterocycles. The number of nitrogens with two attached hydrogens (primary N) is 1. The van der Waals surface area contributed by atoms with Crippen LogP contribution >= 0.6 is 11.6 Å². The molecule has 1 aromatic heterocycles. The minimum absolute atomic E-state index is 0.153. The molecule has 14 heavy (non-hydrogen) atoms. The molecule has 72 valence electrons. The maximum absolute atomic E-state index is 11.2. The van der Waals surface area contributed by atoms with E-state index >= 15 is 0 Å². The van der Waals surface area contributed by atoms with E-state index in [0.29, 0.717) is 11.6 Å². The molecule has 0 fully saturated rings. The average molecular weight is 209 g/mol. The van der Waals surface area contributed by atoms with Gasteiger partial charge in [0.2, 0.25) is 5.56 Å². The van der Waals surface area contributed by atoms with E-state index in [1.165, 1.54) is 6.07 Å². The lowest BCUT2D eigenvalue weighted by molar-refractivity contribution is 1.07. The second kappa shape index (κ2) is 3.44. The van der Waals surface area contributed by atoms with Crippen molar-refractivity contribution in [3.63, 3.8) is 0 Å². The molecule has 3 nitrogen and oxygen atoms in total. The SMILES string of the molecule is NCc1cc(=O)[nH]c2cccc(Cl)c12. The molecular formula is C10H9ClN2O. The quantitative estimate of drug-likeness (QED) is 0.749. The van der Waals surface area contributed by atoms with Crippen LogP contribution in [0, 0.1) is 0 Å². The monoisotopic (exact) mass is 208 g/mol. The van der Waals surface area contributed by atoms with Gasteiger partial charge in [-0.3, -0.25) is 4.79 Å². The van der Waals surface area contributed by atoms with Gasteiger partial charge in [0.1, 0.15) is 0 Å². The minimum atomic E-state index is -0.153. The van der Waals surface area contributed by atoms with Crippen molar-refractivity contribution >= 4 is 22.5 Å². The van der Waals surface area contributed by atoms with Crippen molar-refractivity contribution in [2.24, 2.45) is 5.73 Å². The van der Waals surface area contributed by atoms with Crippen molar-refractivity contribution in [1.82, 2.24) is 4.98 Å². The van der Waals surface area contributed by atoms with Crippen molar-refractivity contribution in [2.45, 2.75) is 6.54 Å². The van der Waals surface area contributed by atoms with Crippen LogP contribution < -0.4 is 11.3 Å². The number of rotatable bonds is 1. The molecule has 0 saturated carbocycles. The third-order valence-electron chi connectivity index (χ3n) is 2.12. The maximum Gasteiger partial charge on any atom is 0.248 e. The van der Waals surface area contributed by atoms with Gasteiger partial charge in [0.25, 0.3) is 0 Å². The zero-order valence-corrected chi connectivity index (χ0v) is 8.14. The first-order valence-corrected chi connectivity index (χ1v) is 4.60. The number of benzene rings is 1. The van der Waals surface area contributed by atoms with Crippen molar-refractivity contribution in [3.05, 3.63) is 45.2 Å². The number of fused-ring (bicyclic) bond motifs is 1. The number of halogens is 1. The van der Waals surface area contributed by atoms with Gasteiger partial charge in [0, 0.05) is 18.0 Å². The summed E-state index contributed by atoms with van der Waals surface area (Å²) in [4.78, 5) is 13.9. The average Bonchev–Trinajstić information content (AvgIpc) is 2.16. The fourth-order valence-electron chi connectivity index (χ4n) is 1.51. The second-order valence-electron chi connectivity index (χ2n) is 3.03. The van der Waals surface area contributed by atoms with Crippen LogP contribution in [0.2, 0.25) is 5.02 Å². The topological polar surface area (TPSA) is 58.9 Å². The Hall–Kier alpha value is -1.32. The molecule has 0 bridgehead atoms. The van der Waals surface area contributed by atoms with E-state index < -0.39 is 0 Å². The van der Waals surface area contributed by atoms with E-state index in [9.17, 15) is 4.79 Å². The third-order valence-corrected chi connectivity index (χ3v) is 2.43. The van der Waals surface area contributed by atoms with Gasteiger partial charge in [-0.25, -0.2) is 0 Å². The zero-order chi connectivity index (χ0) is 10.1. The van der Waals surface area contributed by atoms with Gasteiger partial charge in [0.15, 0.2) is 0 Å². The van der Waals surface area contributed by atoms with Crippen LogP contribution in [-0.2, 0) is 6.54 Å². The molecule has 3 N–H and O–H groups in total. The van der Waals surface area contributed by atoms with Crippen LogP contribution in [0.4, 0.5) is 0 Å². The van der Waals surface area contributed by atoms with Gasteiger partial charge in [0.05, 0.1) is 10.5 Å². The molecule has 2 aromatic rings. The summed E-state index contributed by atoms with van der Waals surface area (Å²) < 4.78 is 0. The summed E-state index contributed by atoms with van der Waals surface area (Å²) in [7, 11) is 0. The number of hydrogen-bond acceptors (Lipinski definition) is 2. The summed E-state index contributed by atoms with van der Waals surface area (Å²) >= 11 is 6.02. The fraction of sp³-hybridized carbons (Fsp3) is 0.100. The Kier molecular flexibility index (Phi) is 2.27. The first-order valence-electron chi connectivity index (χ1n) is 4.23. The van der Waals surface area contributed by atoms with Gasteiger partial charge in [-0.05, 0) is 17.7 Å². The standard InChI is InChI=1S/C10H9ClN2O/c11-7-2-1-3-8-10(7)6(5-12)4-9(14)13-8/h1-4H,5,12H2,(H,13,14). The second-order valence-corrected chi connectivity index (χ2v) is 3.43. The molecule has 2 rings (SSSR count). The molecule has 0 aliphatic carbocycles. The smallest absolute Gasteiger partial charge is 0.248 e. The Labute approximate surface area is 85.5 Å². The summed E-state index contributed by atoms with van der Waals surface area (Å²) in [5.41, 5.74) is 6.89. The minimum Gasteiger partial charge on any atom is -0.326 e. The third kappa shape index (κ3) is 1.41. The summed E-state index contributed by atoms with van der Waals surface area (Å²) in [5.74, 6) is 0. The van der Waals surface area contributed by atoms with E-state index in [1.807, 2.05) is 6.07 Å². The number of pyridine rings is 1.